The zero-order valence-electron chi connectivity index (χ0n) is 58.0. The monoisotopic (exact) mass is 1320 g/mol. The van der Waals surface area contributed by atoms with Gasteiger partial charge in [-0.05, 0) is 242 Å². The molecule has 514 valence electrons. The third kappa shape index (κ3) is 21.8. The van der Waals surface area contributed by atoms with Gasteiger partial charge in [-0.2, -0.15) is 0 Å². The minimum Gasteiger partial charge on any atom is -0.508 e. The van der Waals surface area contributed by atoms with Crippen LogP contribution in [0.2, 0.25) is 0 Å². The van der Waals surface area contributed by atoms with E-state index in [0.29, 0.717) is 47.3 Å². The topological polar surface area (TPSA) is 175 Å². The van der Waals surface area contributed by atoms with E-state index in [4.69, 9.17) is 9.97 Å². The first-order valence-corrected chi connectivity index (χ1v) is 35.9. The third-order valence-corrected chi connectivity index (χ3v) is 19.6. The van der Waals surface area contributed by atoms with Gasteiger partial charge in [0.05, 0.1) is 17.1 Å². The van der Waals surface area contributed by atoms with Gasteiger partial charge in [0.25, 0.3) is 0 Å². The van der Waals surface area contributed by atoms with Gasteiger partial charge in [-0.25, -0.2) is 34.3 Å². The Balaban J connectivity index is 0.000000149. The number of phenolic OH excluding ortho intramolecular Hbond substituents is 3. The molecule has 0 bridgehead atoms. The van der Waals surface area contributed by atoms with Gasteiger partial charge in [0.1, 0.15) is 40.5 Å². The van der Waals surface area contributed by atoms with Gasteiger partial charge < -0.3 is 30.9 Å². The Bertz CT molecular complexity index is 3900. The van der Waals surface area contributed by atoms with E-state index in [1.165, 1.54) is 73.0 Å². The van der Waals surface area contributed by atoms with Crippen molar-refractivity contribution in [3.8, 4) is 51.0 Å². The van der Waals surface area contributed by atoms with Crippen LogP contribution in [0.4, 0.5) is 4.39 Å². The number of rotatable bonds is 26. The van der Waals surface area contributed by atoms with Crippen molar-refractivity contribution >= 4 is 0 Å². The lowest BCUT2D eigenvalue weighted by atomic mass is 10.0. The number of aryl methyl sites for hydroxylation is 6. The van der Waals surface area contributed by atoms with E-state index in [9.17, 15) is 19.7 Å². The van der Waals surface area contributed by atoms with Crippen LogP contribution >= 0.6 is 0 Å². The van der Waals surface area contributed by atoms with Crippen LogP contribution in [0.5, 0.6) is 17.2 Å². The molecule has 9 aromatic rings. The van der Waals surface area contributed by atoms with E-state index in [-0.39, 0.29) is 11.6 Å². The molecular weight excluding hydrogens is 1220 g/mol. The van der Waals surface area contributed by atoms with Gasteiger partial charge in [-0.3, -0.25) is 14.7 Å². The number of nitrogens with one attached hydrogen (secondary N) is 2. The normalized spacial score (nSPS) is 17.5. The Morgan fingerprint density at radius 2 is 1.01 bits per heavy atom. The molecule has 16 heteroatoms. The highest BCUT2D eigenvalue weighted by atomic mass is 19.1. The highest BCUT2D eigenvalue weighted by Crippen LogP contribution is 2.34. The van der Waals surface area contributed by atoms with Crippen molar-refractivity contribution < 1.29 is 19.7 Å². The molecule has 5 N–H and O–H groups in total. The Morgan fingerprint density at radius 1 is 0.520 bits per heavy atom. The molecule has 98 heavy (non-hydrogen) atoms. The van der Waals surface area contributed by atoms with Crippen LogP contribution in [0.3, 0.4) is 0 Å². The summed E-state index contributed by atoms with van der Waals surface area (Å²) in [5, 5.41) is 35.2. The van der Waals surface area contributed by atoms with Crippen LogP contribution < -0.4 is 10.6 Å². The minimum absolute atomic E-state index is 0.260. The van der Waals surface area contributed by atoms with E-state index in [1.807, 2.05) is 73.1 Å². The van der Waals surface area contributed by atoms with E-state index < -0.39 is 0 Å². The fourth-order valence-electron chi connectivity index (χ4n) is 13.7. The summed E-state index contributed by atoms with van der Waals surface area (Å²) in [6.45, 7) is 18.4. The quantitative estimate of drug-likeness (QED) is 0.0346. The minimum atomic E-state index is -0.260. The smallest absolute Gasteiger partial charge is 0.132 e. The molecule has 3 aromatic heterocycles. The summed E-state index contributed by atoms with van der Waals surface area (Å²) in [5.74, 6) is 3.90. The molecule has 13 rings (SSSR count). The Kier molecular flexibility index (Phi) is 26.0. The highest BCUT2D eigenvalue weighted by Gasteiger charge is 2.35. The zero-order valence-corrected chi connectivity index (χ0v) is 58.0. The predicted molar refractivity (Wildman–Crippen MR) is 391 cm³/mol. The summed E-state index contributed by atoms with van der Waals surface area (Å²) in [6, 6.07) is 53.4. The average Bonchev–Trinajstić information content (AvgIpc) is 1.40. The second kappa shape index (κ2) is 35.9. The second-order valence-corrected chi connectivity index (χ2v) is 27.6. The maximum Gasteiger partial charge on any atom is 0.132 e. The van der Waals surface area contributed by atoms with Gasteiger partial charge in [0.2, 0.25) is 0 Å². The third-order valence-electron chi connectivity index (χ3n) is 19.6. The number of benzene rings is 6. The van der Waals surface area contributed by atoms with E-state index in [2.05, 4.69) is 127 Å². The molecule has 1 aliphatic carbocycles. The molecule has 0 radical (unpaired) electrons. The zero-order chi connectivity index (χ0) is 68.0. The van der Waals surface area contributed by atoms with Crippen LogP contribution in [0.1, 0.15) is 123 Å². The molecule has 0 amide bonds. The molecule has 4 fully saturated rings. The molecule has 4 aliphatic rings. The number of aromatic nitrogens is 6. The van der Waals surface area contributed by atoms with E-state index >= 15 is 0 Å². The first-order valence-electron chi connectivity index (χ1n) is 35.9. The molecule has 3 aliphatic heterocycles. The molecule has 6 aromatic carbocycles. The van der Waals surface area contributed by atoms with Crippen molar-refractivity contribution in [3.05, 3.63) is 233 Å². The summed E-state index contributed by atoms with van der Waals surface area (Å²) >= 11 is 0. The molecule has 3 saturated heterocycles. The van der Waals surface area contributed by atoms with Crippen molar-refractivity contribution in [3.63, 3.8) is 0 Å². The maximum atomic E-state index is 14.7. The largest absolute Gasteiger partial charge is 0.508 e. The molecule has 1 saturated carbocycles. The van der Waals surface area contributed by atoms with Crippen LogP contribution in [-0.2, 0) is 58.2 Å². The van der Waals surface area contributed by atoms with Crippen LogP contribution in [0.25, 0.3) is 33.8 Å². The summed E-state index contributed by atoms with van der Waals surface area (Å²) in [7, 11) is 2.24. The van der Waals surface area contributed by atoms with Crippen LogP contribution in [0.15, 0.2) is 176 Å². The molecule has 0 spiro atoms. The summed E-state index contributed by atoms with van der Waals surface area (Å²) < 4.78 is 14.7. The van der Waals surface area contributed by atoms with Crippen molar-refractivity contribution in [1.29, 1.82) is 0 Å². The SMILES string of the molecule is CCN(Cc1cccc(-c2ccnc(CCCc3ccc(O)cc3)n2)c1)C[C@H]1CCNC1.CN1CCC(N(Cc2cccc(-c3ccnc(CCCc4ccc(O)cc4)n3)c2)C2CC2)CC1.C[C@@H]1CN(Cc2ccc(F)c(-c3ccnc(CCCc4ccc(O)cc4)n3)c2)[C@@H](C)CN1. The Morgan fingerprint density at radius 3 is 1.51 bits per heavy atom. The van der Waals surface area contributed by atoms with Gasteiger partial charge in [-0.15, -0.1) is 0 Å². The van der Waals surface area contributed by atoms with Gasteiger partial charge in [0.15, 0.2) is 0 Å². The van der Waals surface area contributed by atoms with Crippen LogP contribution in [0, 0.1) is 11.7 Å². The fraction of sp³-hybridized carbons (Fsp3) is 0.415. The fourth-order valence-corrected chi connectivity index (χ4v) is 13.7. The first kappa shape index (κ1) is 71.0. The van der Waals surface area contributed by atoms with Crippen molar-refractivity contribution in [2.45, 2.75) is 154 Å². The average molecular weight is 1320 g/mol. The lowest BCUT2D eigenvalue weighted by molar-refractivity contribution is 0.107. The lowest BCUT2D eigenvalue weighted by Crippen LogP contribution is -2.53. The number of nitrogens with zero attached hydrogens (tertiary/aromatic N) is 10. The number of hydrogen-bond acceptors (Lipinski definition) is 15. The second-order valence-electron chi connectivity index (χ2n) is 27.6. The van der Waals surface area contributed by atoms with Gasteiger partial charge >= 0.3 is 0 Å². The number of likely N-dealkylation sites (tertiary alicyclic amines) is 1. The predicted octanol–water partition coefficient (Wildman–Crippen LogP) is 13.9. The Hall–Kier alpha value is -8.35. The number of phenols is 3. The van der Waals surface area contributed by atoms with Crippen molar-refractivity contribution in [2.75, 3.05) is 59.4 Å². The number of piperazine rings is 1. The van der Waals surface area contributed by atoms with E-state index in [1.54, 1.807) is 54.7 Å². The van der Waals surface area contributed by atoms with Gasteiger partial charge in [-0.1, -0.05) is 85.8 Å². The first-order chi connectivity index (χ1) is 47.8. The highest BCUT2D eigenvalue weighted by molar-refractivity contribution is 5.62. The van der Waals surface area contributed by atoms with Crippen molar-refractivity contribution in [2.24, 2.45) is 5.92 Å². The van der Waals surface area contributed by atoms with Crippen LogP contribution in [-0.4, -0.2) is 148 Å². The Labute approximate surface area is 580 Å². The molecule has 15 nitrogen and oxygen atoms in total. The standard InChI is InChI=1S/C29H36N4O.C27H34N4O.C26H31FN4O/c1-32-18-15-26(16-19-32)33(25-10-11-25)21-23-5-2-6-24(20-23)28-14-17-30-29(31-28)7-3-4-22-8-12-27(34)13-9-22;1-2-31(20-23-13-15-28-18-23)19-22-6-3-7-24(17-22)26-14-16-29-27(30-26)8-4-5-21-9-11-25(32)12-10-21;1-18-16-31(19(2)15-29-18)17-21-8-11-24(27)23(14-21)25-12-13-28-26(30-25)5-3-4-20-6-9-22(32)10-7-20/h2,5-6,8-9,12-14,17,20,25-26,34H,3-4,7,10-11,15-16,18-19,21H2,1H3;3,6-7,9-12,14,16-17,23,28,32H,2,4-5,8,13,15,18-20H2,1H3;6-14,18-19,29,32H,3-5,15-17H2,1-2H3/t;23-;18-,19+/m.01/s1. The molecule has 0 unspecified atom stereocenters. The molecule has 3 atom stereocenters. The summed E-state index contributed by atoms with van der Waals surface area (Å²) in [6.07, 6.45) is 20.1. The number of halogens is 1. The van der Waals surface area contributed by atoms with Crippen molar-refractivity contribution in [1.82, 2.24) is 60.1 Å². The number of aromatic hydroxyl groups is 3. The number of hydrogen-bond donors (Lipinski definition) is 5. The molecular formula is C82H101FN12O3. The van der Waals surface area contributed by atoms with E-state index in [0.717, 1.165) is 168 Å². The maximum absolute atomic E-state index is 14.7. The summed E-state index contributed by atoms with van der Waals surface area (Å²) in [4.78, 5) is 38.0. The molecule has 6 heterocycles. The summed E-state index contributed by atoms with van der Waals surface area (Å²) in [5.41, 5.74) is 12.9. The number of piperidine rings is 1. The lowest BCUT2D eigenvalue weighted by Gasteiger charge is -2.37. The van der Waals surface area contributed by atoms with Gasteiger partial charge in [0, 0.05) is 118 Å².